The van der Waals surface area contributed by atoms with Crippen LogP contribution in [0.3, 0.4) is 0 Å². The van der Waals surface area contributed by atoms with Crippen LogP contribution in [0.4, 0.5) is 10.1 Å². The van der Waals surface area contributed by atoms with Crippen molar-refractivity contribution in [2.24, 2.45) is 16.8 Å². The van der Waals surface area contributed by atoms with Gasteiger partial charge in [0.2, 0.25) is 0 Å². The number of nitrogens with two attached hydrogens (primary N) is 1. The lowest BCUT2D eigenvalue weighted by molar-refractivity contribution is -0.119. The minimum Gasteiger partial charge on any atom is -0.330 e. The van der Waals surface area contributed by atoms with Crippen LogP contribution in [0.25, 0.3) is 0 Å². The molecule has 0 fully saturated rings. The number of rotatable bonds is 4. The molecule has 0 spiro atoms. The van der Waals surface area contributed by atoms with Crippen molar-refractivity contribution < 1.29 is 9.18 Å². The van der Waals surface area contributed by atoms with Crippen molar-refractivity contribution in [2.75, 3.05) is 11.6 Å². The summed E-state index contributed by atoms with van der Waals surface area (Å²) >= 11 is 0. The fourth-order valence-corrected chi connectivity index (χ4v) is 2.34. The maximum absolute atomic E-state index is 13.1. The van der Waals surface area contributed by atoms with Gasteiger partial charge in [-0.05, 0) is 50.1 Å². The monoisotopic (exact) mass is 263 g/mol. The molecule has 0 aliphatic carbocycles. The number of hydrogen-bond acceptors (Lipinski definition) is 3. The summed E-state index contributed by atoms with van der Waals surface area (Å²) in [5.41, 5.74) is 7.72. The normalized spacial score (nSPS) is 18.9. The maximum atomic E-state index is 13.1. The highest BCUT2D eigenvalue weighted by Gasteiger charge is 2.35. The predicted molar refractivity (Wildman–Crippen MR) is 73.5 cm³/mol. The summed E-state index contributed by atoms with van der Waals surface area (Å²) in [5.74, 6) is -0.623. The van der Waals surface area contributed by atoms with Gasteiger partial charge < -0.3 is 5.73 Å². The number of nitrogens with zero attached hydrogens (tertiary/aromatic N) is 2. The maximum Gasteiger partial charge on any atom is 0.256 e. The topological polar surface area (TPSA) is 58.7 Å². The Labute approximate surface area is 112 Å². The molecule has 0 saturated carbocycles. The minimum atomic E-state index is -0.314. The summed E-state index contributed by atoms with van der Waals surface area (Å²) in [7, 11) is 0. The van der Waals surface area contributed by atoms with E-state index in [-0.39, 0.29) is 17.6 Å². The molecular weight excluding hydrogens is 245 g/mol. The Balaban J connectivity index is 2.35. The van der Waals surface area contributed by atoms with Crippen LogP contribution in [-0.4, -0.2) is 18.2 Å². The van der Waals surface area contributed by atoms with Crippen LogP contribution in [0, 0.1) is 18.7 Å². The van der Waals surface area contributed by atoms with Crippen molar-refractivity contribution in [3.63, 3.8) is 0 Å². The number of hydrogen-bond donors (Lipinski definition) is 1. The first-order valence-corrected chi connectivity index (χ1v) is 6.46. The van der Waals surface area contributed by atoms with E-state index in [2.05, 4.69) is 5.10 Å². The zero-order valence-corrected chi connectivity index (χ0v) is 11.2. The Bertz CT molecular complexity index is 527. The van der Waals surface area contributed by atoms with Crippen LogP contribution in [0.2, 0.25) is 0 Å². The quantitative estimate of drug-likeness (QED) is 0.905. The zero-order valence-electron chi connectivity index (χ0n) is 11.2. The summed E-state index contributed by atoms with van der Waals surface area (Å²) < 4.78 is 13.1. The Morgan fingerprint density at radius 1 is 1.47 bits per heavy atom. The summed E-state index contributed by atoms with van der Waals surface area (Å²) in [6, 6.07) is 4.33. The molecule has 1 aromatic rings. The lowest BCUT2D eigenvalue weighted by Gasteiger charge is -2.16. The highest BCUT2D eigenvalue weighted by molar-refractivity contribution is 6.15. The Hall–Kier alpha value is -1.75. The number of aryl methyl sites for hydroxylation is 1. The number of amides is 1. The van der Waals surface area contributed by atoms with Crippen LogP contribution < -0.4 is 10.7 Å². The fraction of sp³-hybridized carbons (Fsp3) is 0.429. The van der Waals surface area contributed by atoms with Gasteiger partial charge >= 0.3 is 0 Å². The molecule has 5 heteroatoms. The van der Waals surface area contributed by atoms with E-state index in [1.165, 1.54) is 17.1 Å². The van der Waals surface area contributed by atoms with E-state index in [1.807, 2.05) is 6.92 Å². The van der Waals surface area contributed by atoms with Gasteiger partial charge in [0.05, 0.1) is 17.3 Å². The highest BCUT2D eigenvalue weighted by Crippen LogP contribution is 2.29. The third-order valence-corrected chi connectivity index (χ3v) is 3.34. The van der Waals surface area contributed by atoms with Crippen molar-refractivity contribution in [3.05, 3.63) is 29.6 Å². The molecule has 1 unspecified atom stereocenters. The van der Waals surface area contributed by atoms with Crippen molar-refractivity contribution in [1.82, 2.24) is 0 Å². The third-order valence-electron chi connectivity index (χ3n) is 3.34. The minimum absolute atomic E-state index is 0.0722. The van der Waals surface area contributed by atoms with Gasteiger partial charge in [-0.15, -0.1) is 0 Å². The van der Waals surface area contributed by atoms with Gasteiger partial charge in [-0.1, -0.05) is 6.92 Å². The predicted octanol–water partition coefficient (Wildman–Crippen LogP) is 2.21. The van der Waals surface area contributed by atoms with Crippen LogP contribution >= 0.6 is 0 Å². The van der Waals surface area contributed by atoms with Crippen molar-refractivity contribution in [1.29, 1.82) is 0 Å². The summed E-state index contributed by atoms with van der Waals surface area (Å²) in [4.78, 5) is 12.4. The number of carbonyl (C=O) groups is 1. The third kappa shape index (κ3) is 2.51. The molecular formula is C14H18FN3O. The van der Waals surface area contributed by atoms with E-state index in [0.717, 1.165) is 5.71 Å². The molecule has 1 aromatic carbocycles. The Morgan fingerprint density at radius 3 is 2.79 bits per heavy atom. The molecule has 1 heterocycles. The van der Waals surface area contributed by atoms with Crippen LogP contribution in [-0.2, 0) is 4.79 Å². The molecule has 102 valence electrons. The molecule has 4 nitrogen and oxygen atoms in total. The molecule has 0 radical (unpaired) electrons. The SMILES string of the molecule is CCC1=NN(c2ccc(F)cc2C)C(=O)C1CCN. The number of hydrazone groups is 1. The van der Waals surface area contributed by atoms with Gasteiger partial charge in [0, 0.05) is 0 Å². The standard InChI is InChI=1S/C14H18FN3O/c1-3-12-11(6-7-16)14(19)18(17-12)13-5-4-10(15)8-9(13)2/h4-5,8,11H,3,6-7,16H2,1-2H3. The Morgan fingerprint density at radius 2 is 2.21 bits per heavy atom. The smallest absolute Gasteiger partial charge is 0.256 e. The molecule has 0 aromatic heterocycles. The molecule has 1 aliphatic rings. The summed E-state index contributed by atoms with van der Waals surface area (Å²) in [6.45, 7) is 4.19. The second-order valence-corrected chi connectivity index (χ2v) is 4.66. The number of halogens is 1. The van der Waals surface area contributed by atoms with Crippen molar-refractivity contribution >= 4 is 17.3 Å². The molecule has 0 saturated heterocycles. The van der Waals surface area contributed by atoms with E-state index in [4.69, 9.17) is 5.73 Å². The lowest BCUT2D eigenvalue weighted by Crippen LogP contribution is -2.29. The van der Waals surface area contributed by atoms with Gasteiger partial charge in [0.1, 0.15) is 5.82 Å². The average Bonchev–Trinajstić information content (AvgIpc) is 2.68. The van der Waals surface area contributed by atoms with Crippen molar-refractivity contribution in [3.8, 4) is 0 Å². The molecule has 0 bridgehead atoms. The zero-order chi connectivity index (χ0) is 14.0. The first-order valence-electron chi connectivity index (χ1n) is 6.46. The van der Waals surface area contributed by atoms with Gasteiger partial charge in [0.25, 0.3) is 5.91 Å². The molecule has 1 aliphatic heterocycles. The highest BCUT2D eigenvalue weighted by atomic mass is 19.1. The van der Waals surface area contributed by atoms with E-state index < -0.39 is 0 Å². The second kappa shape index (κ2) is 5.48. The van der Waals surface area contributed by atoms with E-state index >= 15 is 0 Å². The van der Waals surface area contributed by atoms with Crippen molar-refractivity contribution in [2.45, 2.75) is 26.7 Å². The number of anilines is 1. The van der Waals surface area contributed by atoms with Gasteiger partial charge in [0.15, 0.2) is 0 Å². The second-order valence-electron chi connectivity index (χ2n) is 4.66. The van der Waals surface area contributed by atoms with Crippen LogP contribution in [0.1, 0.15) is 25.3 Å². The van der Waals surface area contributed by atoms with Gasteiger partial charge in [-0.25, -0.2) is 4.39 Å². The number of carbonyl (C=O) groups excluding carboxylic acids is 1. The largest absolute Gasteiger partial charge is 0.330 e. The molecule has 1 atom stereocenters. The van der Waals surface area contributed by atoms with Gasteiger partial charge in [-0.2, -0.15) is 10.1 Å². The molecule has 1 amide bonds. The van der Waals surface area contributed by atoms with E-state index in [1.54, 1.807) is 13.0 Å². The molecule has 19 heavy (non-hydrogen) atoms. The first kappa shape index (κ1) is 13.7. The van der Waals surface area contributed by atoms with Crippen LogP contribution in [0.5, 0.6) is 0 Å². The first-order chi connectivity index (χ1) is 9.08. The lowest BCUT2D eigenvalue weighted by atomic mass is 9.97. The summed E-state index contributed by atoms with van der Waals surface area (Å²) in [5, 5.41) is 5.75. The number of benzene rings is 1. The fourth-order valence-electron chi connectivity index (χ4n) is 2.34. The molecule has 2 rings (SSSR count). The molecule has 2 N–H and O–H groups in total. The van der Waals surface area contributed by atoms with E-state index in [0.29, 0.717) is 30.6 Å². The van der Waals surface area contributed by atoms with Crippen LogP contribution in [0.15, 0.2) is 23.3 Å². The van der Waals surface area contributed by atoms with E-state index in [9.17, 15) is 9.18 Å². The summed E-state index contributed by atoms with van der Waals surface area (Å²) in [6.07, 6.45) is 1.31. The van der Waals surface area contributed by atoms with Gasteiger partial charge in [-0.3, -0.25) is 4.79 Å². The average molecular weight is 263 g/mol. The Kier molecular flexibility index (Phi) is 3.95.